The van der Waals surface area contributed by atoms with Gasteiger partial charge in [-0.05, 0) is 70.6 Å². The molecule has 109 heavy (non-hydrogen) atoms. The number of aliphatic hydroxyl groups excluding tert-OH is 11. The number of nitrogens with one attached hydrogen (secondary N) is 1. The van der Waals surface area contributed by atoms with Crippen molar-refractivity contribution in [2.75, 3.05) is 26.4 Å². The van der Waals surface area contributed by atoms with E-state index in [2.05, 4.69) is 104 Å². The van der Waals surface area contributed by atoms with Crippen molar-refractivity contribution in [3.8, 4) is 0 Å². The van der Waals surface area contributed by atoms with Gasteiger partial charge < -0.3 is 89.9 Å². The summed E-state index contributed by atoms with van der Waals surface area (Å²) < 4.78 is 34.6. The van der Waals surface area contributed by atoms with Crippen molar-refractivity contribution in [1.29, 1.82) is 0 Å². The number of rotatable bonds is 71. The Kier molecular flexibility index (Phi) is 63.7. The highest BCUT2D eigenvalue weighted by atomic mass is 16.8. The van der Waals surface area contributed by atoms with Crippen LogP contribution in [0.15, 0.2) is 85.1 Å². The number of aliphatic hydroxyl groups is 11. The number of hydrogen-bond acceptors (Lipinski definition) is 18. The maximum Gasteiger partial charge on any atom is 0.220 e. The highest BCUT2D eigenvalue weighted by Gasteiger charge is 2.54. The molecule has 0 bridgehead atoms. The lowest BCUT2D eigenvalue weighted by molar-refractivity contribution is -0.379. The smallest absolute Gasteiger partial charge is 0.220 e. The zero-order valence-corrected chi connectivity index (χ0v) is 68.3. The van der Waals surface area contributed by atoms with Crippen LogP contribution in [0.25, 0.3) is 0 Å². The Morgan fingerprint density at radius 2 is 0.633 bits per heavy atom. The van der Waals surface area contributed by atoms with E-state index in [4.69, 9.17) is 28.4 Å². The van der Waals surface area contributed by atoms with Gasteiger partial charge in [0.2, 0.25) is 5.91 Å². The van der Waals surface area contributed by atoms with E-state index in [1.807, 2.05) is 0 Å². The first kappa shape index (κ1) is 100. The second-order valence-electron chi connectivity index (χ2n) is 31.3. The van der Waals surface area contributed by atoms with Crippen molar-refractivity contribution >= 4 is 5.91 Å². The largest absolute Gasteiger partial charge is 0.394 e. The molecule has 3 aliphatic rings. The monoisotopic (exact) mass is 1540 g/mol. The SMILES string of the molecule is CC/C=C\C/C=C\C/C=C\C/C=C\C/C=C\C/C=C\C/C=C\CCCCCCCCCCCCCC(=O)NC(COC1OC(CO)C(OC2OC(CO)C(OC3OC(CO)C(O)C(O)C3O)C(O)C2O)C(O)C1O)C(O)CCCCCCCCCCCCCCCCCCCCCCCCCCCCCCCCC. The number of unbranched alkanes of at least 4 members (excludes halogenated alkanes) is 41. The van der Waals surface area contributed by atoms with Crippen LogP contribution < -0.4 is 5.32 Å². The van der Waals surface area contributed by atoms with E-state index in [0.717, 1.165) is 96.3 Å². The van der Waals surface area contributed by atoms with E-state index in [1.54, 1.807) is 0 Å². The highest BCUT2D eigenvalue weighted by Crippen LogP contribution is 2.34. The first-order chi connectivity index (χ1) is 53.3. The van der Waals surface area contributed by atoms with Crippen LogP contribution >= 0.6 is 0 Å². The lowest BCUT2D eigenvalue weighted by Gasteiger charge is -2.48. The molecule has 3 fully saturated rings. The molecule has 0 radical (unpaired) electrons. The van der Waals surface area contributed by atoms with E-state index >= 15 is 0 Å². The quantitative estimate of drug-likeness (QED) is 0.0199. The van der Waals surface area contributed by atoms with E-state index in [1.165, 1.54) is 218 Å². The minimum Gasteiger partial charge on any atom is -0.394 e. The van der Waals surface area contributed by atoms with Gasteiger partial charge in [-0.25, -0.2) is 0 Å². The Bertz CT molecular complexity index is 2300. The summed E-state index contributed by atoms with van der Waals surface area (Å²) in [5, 5.41) is 121. The molecule has 634 valence electrons. The molecule has 19 nitrogen and oxygen atoms in total. The third-order valence-corrected chi connectivity index (χ3v) is 21.7. The minimum atomic E-state index is -1.98. The van der Waals surface area contributed by atoms with Gasteiger partial charge >= 0.3 is 0 Å². The van der Waals surface area contributed by atoms with Crippen LogP contribution in [0.5, 0.6) is 0 Å². The third-order valence-electron chi connectivity index (χ3n) is 21.7. The van der Waals surface area contributed by atoms with Gasteiger partial charge in [0.1, 0.15) is 73.2 Å². The molecular formula is C90H161NO18. The van der Waals surface area contributed by atoms with Gasteiger partial charge in [-0.3, -0.25) is 4.79 Å². The summed E-state index contributed by atoms with van der Waals surface area (Å²) in [6.45, 7) is 1.73. The lowest BCUT2D eigenvalue weighted by atomic mass is 9.96. The van der Waals surface area contributed by atoms with Crippen molar-refractivity contribution in [2.24, 2.45) is 0 Å². The Balaban J connectivity index is 1.34. The Morgan fingerprint density at radius 3 is 0.991 bits per heavy atom. The van der Waals surface area contributed by atoms with Crippen molar-refractivity contribution in [3.63, 3.8) is 0 Å². The summed E-state index contributed by atoms with van der Waals surface area (Å²) in [6, 6.07) is -0.896. The van der Waals surface area contributed by atoms with Gasteiger partial charge in [-0.2, -0.15) is 0 Å². The summed E-state index contributed by atoms with van der Waals surface area (Å²) in [4.78, 5) is 13.5. The predicted molar refractivity (Wildman–Crippen MR) is 438 cm³/mol. The number of hydrogen-bond donors (Lipinski definition) is 12. The van der Waals surface area contributed by atoms with Crippen molar-refractivity contribution in [2.45, 2.75) is 452 Å². The Hall–Kier alpha value is -3.03. The zero-order chi connectivity index (χ0) is 78.8. The molecule has 19 heteroatoms. The van der Waals surface area contributed by atoms with Crippen LogP contribution in [0.1, 0.15) is 348 Å². The number of ether oxygens (including phenoxy) is 6. The molecule has 1 amide bonds. The maximum absolute atomic E-state index is 13.5. The van der Waals surface area contributed by atoms with Crippen LogP contribution in [-0.2, 0) is 33.2 Å². The van der Waals surface area contributed by atoms with E-state index in [9.17, 15) is 61.0 Å². The fourth-order valence-electron chi connectivity index (χ4n) is 14.7. The lowest BCUT2D eigenvalue weighted by Crippen LogP contribution is -2.66. The molecule has 17 unspecified atom stereocenters. The van der Waals surface area contributed by atoms with Crippen LogP contribution in [-0.4, -0.2) is 193 Å². The van der Waals surface area contributed by atoms with Gasteiger partial charge in [-0.15, -0.1) is 0 Å². The standard InChI is InChI=1S/C90H161NO18/c1-3-5-7-9-11-13-15-17-19-21-23-25-27-29-31-33-35-36-38-40-42-44-46-48-50-52-54-56-58-60-62-64-66-68-78(96)91-73(74(95)67-65-63-61-59-57-55-53-51-49-47-45-43-41-39-37-34-32-30-28-26-24-22-20-18-16-14-12-10-8-6-4-2)72-104-88-84(102)81(99)86(76(70-93)106-88)109-90-85(103)82(100)87(77(71-94)107-90)108-89-83(101)80(98)79(97)75(69-92)105-89/h5,7,11,13,17,19,23,25,29,31,35-36,40,42,73-77,79-90,92-95,97-103H,3-4,6,8-10,12,14-16,18,20-22,24,26-28,30,32-34,37-39,41,43-72H2,1-2H3,(H,91,96)/b7-5-,13-11-,19-17-,25-23-,31-29-,36-35-,42-40-. The fraction of sp³-hybridized carbons (Fsp3) is 0.833. The minimum absolute atomic E-state index is 0.244. The second kappa shape index (κ2) is 69.3. The molecule has 3 saturated heterocycles. The third kappa shape index (κ3) is 48.2. The average molecular weight is 1550 g/mol. The summed E-state index contributed by atoms with van der Waals surface area (Å²) in [5.74, 6) is -0.244. The van der Waals surface area contributed by atoms with Gasteiger partial charge in [0.15, 0.2) is 18.9 Å². The molecule has 3 aliphatic heterocycles. The van der Waals surface area contributed by atoms with Crippen molar-refractivity contribution in [1.82, 2.24) is 5.32 Å². The first-order valence-electron chi connectivity index (χ1n) is 44.3. The Morgan fingerprint density at radius 1 is 0.339 bits per heavy atom. The maximum atomic E-state index is 13.5. The molecule has 0 aromatic rings. The Labute approximate surface area is 661 Å². The van der Waals surface area contributed by atoms with Crippen LogP contribution in [0, 0.1) is 0 Å². The van der Waals surface area contributed by atoms with Crippen molar-refractivity contribution < 1.29 is 89.4 Å². The molecule has 0 spiro atoms. The number of allylic oxidation sites excluding steroid dienone is 14. The van der Waals surface area contributed by atoms with Crippen LogP contribution in [0.4, 0.5) is 0 Å². The number of carbonyl (C=O) groups excluding carboxylic acids is 1. The molecule has 0 aromatic carbocycles. The van der Waals surface area contributed by atoms with Gasteiger partial charge in [0.05, 0.1) is 38.6 Å². The van der Waals surface area contributed by atoms with Gasteiger partial charge in [0.25, 0.3) is 0 Å². The first-order valence-corrected chi connectivity index (χ1v) is 44.3. The van der Waals surface area contributed by atoms with Crippen molar-refractivity contribution in [3.05, 3.63) is 85.1 Å². The molecule has 12 N–H and O–H groups in total. The number of amides is 1. The average Bonchev–Trinajstić information content (AvgIpc) is 0.782. The molecule has 0 saturated carbocycles. The summed E-state index contributed by atoms with van der Waals surface area (Å²) in [5.41, 5.74) is 0. The highest BCUT2D eigenvalue weighted by molar-refractivity contribution is 5.76. The second-order valence-corrected chi connectivity index (χ2v) is 31.3. The molecule has 0 aromatic heterocycles. The molecule has 17 atom stereocenters. The summed E-state index contributed by atoms with van der Waals surface area (Å²) in [7, 11) is 0. The van der Waals surface area contributed by atoms with Crippen LogP contribution in [0.3, 0.4) is 0 Å². The topological polar surface area (TPSA) is 307 Å². The molecule has 3 heterocycles. The number of carbonyl (C=O) groups is 1. The molecule has 0 aliphatic carbocycles. The molecule has 3 rings (SSSR count). The summed E-state index contributed by atoms with van der Waals surface area (Å²) >= 11 is 0. The van der Waals surface area contributed by atoms with Crippen LogP contribution in [0.2, 0.25) is 0 Å². The van der Waals surface area contributed by atoms with Gasteiger partial charge in [0, 0.05) is 6.42 Å². The zero-order valence-electron chi connectivity index (χ0n) is 68.3. The predicted octanol–water partition coefficient (Wildman–Crippen LogP) is 16.5. The van der Waals surface area contributed by atoms with E-state index in [-0.39, 0.29) is 18.9 Å². The normalized spacial score (nSPS) is 25.7. The van der Waals surface area contributed by atoms with Gasteiger partial charge in [-0.1, -0.05) is 356 Å². The van der Waals surface area contributed by atoms with E-state index in [0.29, 0.717) is 12.8 Å². The summed E-state index contributed by atoms with van der Waals surface area (Å²) in [6.07, 6.45) is 66.8. The molecular weight excluding hydrogens is 1380 g/mol. The van der Waals surface area contributed by atoms with E-state index < -0.39 is 124 Å². The fourth-order valence-corrected chi connectivity index (χ4v) is 14.7.